The summed E-state index contributed by atoms with van der Waals surface area (Å²) in [6.45, 7) is 3.94. The van der Waals surface area contributed by atoms with E-state index < -0.39 is 17.1 Å². The molecule has 0 amide bonds. The van der Waals surface area contributed by atoms with E-state index >= 15 is 0 Å². The van der Waals surface area contributed by atoms with E-state index in [1.165, 1.54) is 12.1 Å². The van der Waals surface area contributed by atoms with E-state index in [0.29, 0.717) is 5.56 Å². The molecule has 0 aliphatic heterocycles. The summed E-state index contributed by atoms with van der Waals surface area (Å²) in [4.78, 5) is 2.13. The molecule has 0 radical (unpaired) electrons. The van der Waals surface area contributed by atoms with Crippen LogP contribution in [0.3, 0.4) is 0 Å². The molecule has 0 fully saturated rings. The first-order valence-electron chi connectivity index (χ1n) is 5.67. The van der Waals surface area contributed by atoms with Crippen LogP contribution in [0, 0.1) is 13.8 Å². The van der Waals surface area contributed by atoms with E-state index in [4.69, 9.17) is 11.6 Å². The second-order valence-corrected chi connectivity index (χ2v) is 6.11. The third kappa shape index (κ3) is 3.12. The van der Waals surface area contributed by atoms with E-state index in [0.717, 1.165) is 27.5 Å². The van der Waals surface area contributed by atoms with Crippen LogP contribution in [-0.4, -0.2) is 0 Å². The second-order valence-electron chi connectivity index (χ2n) is 4.39. The standard InChI is InChI=1S/C14H12ClF3S/c1-8-7-9(2)19-13(8)12(15)10-3-5-11(6-4-10)14(16,17)18/h3-7,12H,1-2H3. The van der Waals surface area contributed by atoms with Crippen molar-refractivity contribution in [3.8, 4) is 0 Å². The molecule has 1 unspecified atom stereocenters. The monoisotopic (exact) mass is 304 g/mol. The highest BCUT2D eigenvalue weighted by Gasteiger charge is 2.30. The first kappa shape index (κ1) is 14.4. The number of alkyl halides is 4. The van der Waals surface area contributed by atoms with Crippen LogP contribution in [0.5, 0.6) is 0 Å². The summed E-state index contributed by atoms with van der Waals surface area (Å²) in [7, 11) is 0. The number of rotatable bonds is 2. The molecule has 0 spiro atoms. The highest BCUT2D eigenvalue weighted by Crippen LogP contribution is 2.37. The number of aryl methyl sites for hydroxylation is 2. The highest BCUT2D eigenvalue weighted by molar-refractivity contribution is 7.12. The van der Waals surface area contributed by atoms with Crippen LogP contribution in [-0.2, 0) is 6.18 Å². The van der Waals surface area contributed by atoms with Gasteiger partial charge in [0.25, 0.3) is 0 Å². The molecule has 0 bridgehead atoms. The minimum absolute atomic E-state index is 0.402. The van der Waals surface area contributed by atoms with Gasteiger partial charge in [0, 0.05) is 9.75 Å². The Bertz CT molecular complexity index is 569. The van der Waals surface area contributed by atoms with Crippen molar-refractivity contribution in [3.63, 3.8) is 0 Å². The fraction of sp³-hybridized carbons (Fsp3) is 0.286. The van der Waals surface area contributed by atoms with Crippen molar-refractivity contribution in [1.29, 1.82) is 0 Å². The van der Waals surface area contributed by atoms with Gasteiger partial charge in [-0.1, -0.05) is 12.1 Å². The smallest absolute Gasteiger partial charge is 0.166 e. The lowest BCUT2D eigenvalue weighted by atomic mass is 10.1. The molecule has 0 nitrogen and oxygen atoms in total. The Morgan fingerprint density at radius 1 is 1.11 bits per heavy atom. The molecule has 1 atom stereocenters. The molecule has 2 rings (SSSR count). The lowest BCUT2D eigenvalue weighted by Crippen LogP contribution is -2.04. The molecule has 0 saturated heterocycles. The fourth-order valence-corrected chi connectivity index (χ4v) is 3.40. The van der Waals surface area contributed by atoms with Gasteiger partial charge in [0.05, 0.1) is 10.9 Å². The zero-order valence-electron chi connectivity index (χ0n) is 10.4. The van der Waals surface area contributed by atoms with Gasteiger partial charge in [-0.05, 0) is 43.2 Å². The predicted octanol–water partition coefficient (Wildman–Crippen LogP) is 5.71. The van der Waals surface area contributed by atoms with E-state index in [-0.39, 0.29) is 0 Å². The third-order valence-electron chi connectivity index (χ3n) is 2.84. The summed E-state index contributed by atoms with van der Waals surface area (Å²) < 4.78 is 37.4. The van der Waals surface area contributed by atoms with Gasteiger partial charge in [-0.2, -0.15) is 13.2 Å². The molecule has 0 aliphatic rings. The maximum absolute atomic E-state index is 12.5. The van der Waals surface area contributed by atoms with Gasteiger partial charge in [0.15, 0.2) is 0 Å². The number of hydrogen-bond acceptors (Lipinski definition) is 1. The van der Waals surface area contributed by atoms with Gasteiger partial charge < -0.3 is 0 Å². The molecule has 102 valence electrons. The minimum atomic E-state index is -4.31. The number of thiophene rings is 1. The molecule has 5 heteroatoms. The van der Waals surface area contributed by atoms with Crippen molar-refractivity contribution in [3.05, 3.63) is 56.8 Å². The maximum atomic E-state index is 12.5. The zero-order chi connectivity index (χ0) is 14.2. The Morgan fingerprint density at radius 3 is 2.11 bits per heavy atom. The number of halogens is 4. The third-order valence-corrected chi connectivity index (χ3v) is 4.66. The molecule has 0 saturated carbocycles. The van der Waals surface area contributed by atoms with Crippen LogP contribution >= 0.6 is 22.9 Å². The van der Waals surface area contributed by atoms with Gasteiger partial charge in [0.1, 0.15) is 0 Å². The van der Waals surface area contributed by atoms with Crippen LogP contribution in [0.4, 0.5) is 13.2 Å². The molecule has 1 aromatic carbocycles. The second kappa shape index (κ2) is 5.17. The summed E-state index contributed by atoms with van der Waals surface area (Å²) in [6, 6.07) is 7.05. The van der Waals surface area contributed by atoms with Crippen LogP contribution in [0.25, 0.3) is 0 Å². The van der Waals surface area contributed by atoms with E-state index in [1.807, 2.05) is 19.9 Å². The van der Waals surface area contributed by atoms with Gasteiger partial charge in [0.2, 0.25) is 0 Å². The minimum Gasteiger partial charge on any atom is -0.166 e. The van der Waals surface area contributed by atoms with Gasteiger partial charge in [-0.25, -0.2) is 0 Å². The van der Waals surface area contributed by atoms with E-state index in [9.17, 15) is 13.2 Å². The topological polar surface area (TPSA) is 0 Å². The lowest BCUT2D eigenvalue weighted by Gasteiger charge is -2.11. The zero-order valence-corrected chi connectivity index (χ0v) is 12.0. The van der Waals surface area contributed by atoms with Crippen LogP contribution in [0.1, 0.15) is 31.8 Å². The van der Waals surface area contributed by atoms with E-state index in [1.54, 1.807) is 11.3 Å². The molecule has 19 heavy (non-hydrogen) atoms. The molecule has 0 aliphatic carbocycles. The summed E-state index contributed by atoms with van der Waals surface area (Å²) in [5, 5.41) is -0.402. The van der Waals surface area contributed by atoms with Gasteiger partial charge in [-0.3, -0.25) is 0 Å². The fourth-order valence-electron chi connectivity index (χ4n) is 1.90. The predicted molar refractivity (Wildman–Crippen MR) is 72.9 cm³/mol. The molecule has 0 N–H and O–H groups in total. The molecule has 1 aromatic heterocycles. The average molecular weight is 305 g/mol. The maximum Gasteiger partial charge on any atom is 0.416 e. The van der Waals surface area contributed by atoms with Crippen molar-refractivity contribution in [1.82, 2.24) is 0 Å². The average Bonchev–Trinajstić information content (AvgIpc) is 2.66. The molecular formula is C14H12ClF3S. The van der Waals surface area contributed by atoms with Crippen LogP contribution < -0.4 is 0 Å². The van der Waals surface area contributed by atoms with Gasteiger partial charge >= 0.3 is 6.18 Å². The quantitative estimate of drug-likeness (QED) is 0.623. The van der Waals surface area contributed by atoms with Crippen molar-refractivity contribution in [2.45, 2.75) is 25.4 Å². The summed E-state index contributed by atoms with van der Waals surface area (Å²) in [5.41, 5.74) is 1.10. The van der Waals surface area contributed by atoms with Crippen molar-refractivity contribution >= 4 is 22.9 Å². The van der Waals surface area contributed by atoms with Crippen molar-refractivity contribution in [2.24, 2.45) is 0 Å². The summed E-state index contributed by atoms with van der Waals surface area (Å²) >= 11 is 7.92. The Balaban J connectivity index is 2.30. The number of benzene rings is 1. The summed E-state index contributed by atoms with van der Waals surface area (Å²) in [6.07, 6.45) is -4.31. The largest absolute Gasteiger partial charge is 0.416 e. The molecule has 1 heterocycles. The Labute approximate surface area is 118 Å². The first-order valence-corrected chi connectivity index (χ1v) is 6.92. The van der Waals surface area contributed by atoms with Crippen LogP contribution in [0.15, 0.2) is 30.3 Å². The van der Waals surface area contributed by atoms with Crippen molar-refractivity contribution in [2.75, 3.05) is 0 Å². The lowest BCUT2D eigenvalue weighted by molar-refractivity contribution is -0.137. The molecular weight excluding hydrogens is 293 g/mol. The first-order chi connectivity index (χ1) is 8.79. The van der Waals surface area contributed by atoms with Crippen molar-refractivity contribution < 1.29 is 13.2 Å². The Kier molecular flexibility index (Phi) is 3.92. The Morgan fingerprint density at radius 2 is 1.68 bits per heavy atom. The Hall–Kier alpha value is -1.00. The number of hydrogen-bond donors (Lipinski definition) is 0. The summed E-state index contributed by atoms with van der Waals surface area (Å²) in [5.74, 6) is 0. The van der Waals surface area contributed by atoms with E-state index in [2.05, 4.69) is 0 Å². The highest BCUT2D eigenvalue weighted by atomic mass is 35.5. The van der Waals surface area contributed by atoms with Gasteiger partial charge in [-0.15, -0.1) is 22.9 Å². The SMILES string of the molecule is Cc1cc(C)c(C(Cl)c2ccc(C(F)(F)F)cc2)s1. The van der Waals surface area contributed by atoms with Crippen LogP contribution in [0.2, 0.25) is 0 Å². The normalized spacial score (nSPS) is 13.6. The molecule has 2 aromatic rings.